The van der Waals surface area contributed by atoms with Crippen LogP contribution in [-0.2, 0) is 4.79 Å². The number of likely N-dealkylation sites (N-methyl/N-ethyl adjacent to an activating group) is 1. The third kappa shape index (κ3) is 4.09. The summed E-state index contributed by atoms with van der Waals surface area (Å²) in [6, 6.07) is 0.241. The summed E-state index contributed by atoms with van der Waals surface area (Å²) in [6.07, 6.45) is 0. The summed E-state index contributed by atoms with van der Waals surface area (Å²) < 4.78 is 9.74. The second-order valence-electron chi connectivity index (χ2n) is 2.94. The lowest BCUT2D eigenvalue weighted by molar-refractivity contribution is -0.119. The number of hydrogen-bond acceptors (Lipinski definition) is 7. The molecule has 0 aliphatic carbocycles. The van der Waals surface area contributed by atoms with Gasteiger partial charge < -0.3 is 20.1 Å². The summed E-state index contributed by atoms with van der Waals surface area (Å²) in [4.78, 5) is 22.9. The fourth-order valence-electron chi connectivity index (χ4n) is 1.02. The fraction of sp³-hybridized carbons (Fsp3) is 0.556. The Morgan fingerprint density at radius 2 is 1.76 bits per heavy atom. The number of nitrogens with one attached hydrogen (secondary N) is 2. The Hall–Kier alpha value is -2.12. The molecule has 0 saturated carbocycles. The summed E-state index contributed by atoms with van der Waals surface area (Å²) in [5.74, 6) is 0.0748. The highest BCUT2D eigenvalue weighted by Crippen LogP contribution is 2.11. The van der Waals surface area contributed by atoms with E-state index >= 15 is 0 Å². The minimum Gasteiger partial charge on any atom is -0.467 e. The van der Waals surface area contributed by atoms with E-state index in [0.29, 0.717) is 6.54 Å². The highest BCUT2D eigenvalue weighted by atomic mass is 16.5. The number of carbonyl (C=O) groups is 1. The maximum atomic E-state index is 11.2. The van der Waals surface area contributed by atoms with Gasteiger partial charge in [0.05, 0.1) is 20.8 Å². The third-order valence-corrected chi connectivity index (χ3v) is 1.74. The van der Waals surface area contributed by atoms with Crippen molar-refractivity contribution in [1.82, 2.24) is 20.3 Å². The third-order valence-electron chi connectivity index (χ3n) is 1.74. The van der Waals surface area contributed by atoms with Crippen molar-refractivity contribution >= 4 is 11.9 Å². The predicted molar refractivity (Wildman–Crippen MR) is 60.1 cm³/mol. The summed E-state index contributed by atoms with van der Waals surface area (Å²) in [7, 11) is 2.87. The van der Waals surface area contributed by atoms with Crippen LogP contribution in [0.3, 0.4) is 0 Å². The Labute approximate surface area is 98.8 Å². The number of amides is 1. The van der Waals surface area contributed by atoms with Crippen LogP contribution in [-0.4, -0.2) is 48.2 Å². The largest absolute Gasteiger partial charge is 0.467 e. The number of aromatic nitrogens is 3. The van der Waals surface area contributed by atoms with Gasteiger partial charge in [-0.15, -0.1) is 4.98 Å². The Kier molecular flexibility index (Phi) is 4.92. The van der Waals surface area contributed by atoms with Crippen molar-refractivity contribution in [2.24, 2.45) is 0 Å². The van der Waals surface area contributed by atoms with Crippen molar-refractivity contribution < 1.29 is 14.3 Å². The van der Waals surface area contributed by atoms with Crippen molar-refractivity contribution in [3.05, 3.63) is 0 Å². The molecular formula is C9H15N5O3. The quantitative estimate of drug-likeness (QED) is 0.688. The van der Waals surface area contributed by atoms with E-state index in [9.17, 15) is 4.79 Å². The molecule has 0 atom stereocenters. The standard InChI is InChI=1S/C9H15N5O3/c1-4-10-6(15)5-11-7-12-8(16-2)14-9(13-7)17-3/h4-5H2,1-3H3,(H,10,15)(H,11,12,13,14). The molecule has 17 heavy (non-hydrogen) atoms. The van der Waals surface area contributed by atoms with E-state index in [-0.39, 0.29) is 30.4 Å². The van der Waals surface area contributed by atoms with Crippen molar-refractivity contribution in [3.63, 3.8) is 0 Å². The van der Waals surface area contributed by atoms with Gasteiger partial charge in [-0.3, -0.25) is 4.79 Å². The zero-order valence-electron chi connectivity index (χ0n) is 9.98. The molecular weight excluding hydrogens is 226 g/mol. The van der Waals surface area contributed by atoms with Gasteiger partial charge in [-0.05, 0) is 6.92 Å². The number of rotatable bonds is 6. The molecule has 0 aromatic carbocycles. The van der Waals surface area contributed by atoms with Gasteiger partial charge in [0.2, 0.25) is 11.9 Å². The minimum absolute atomic E-state index is 0.0736. The summed E-state index contributed by atoms with van der Waals surface area (Å²) in [5.41, 5.74) is 0. The minimum atomic E-state index is -0.147. The van der Waals surface area contributed by atoms with Crippen LogP contribution in [0.5, 0.6) is 12.0 Å². The molecule has 0 aliphatic heterocycles. The van der Waals surface area contributed by atoms with Gasteiger partial charge in [0.1, 0.15) is 0 Å². The molecule has 8 heteroatoms. The zero-order valence-corrected chi connectivity index (χ0v) is 9.98. The molecule has 0 radical (unpaired) electrons. The fourth-order valence-corrected chi connectivity index (χ4v) is 1.02. The average molecular weight is 241 g/mol. The molecule has 0 unspecified atom stereocenters. The summed E-state index contributed by atoms with van der Waals surface area (Å²) in [5, 5.41) is 5.38. The van der Waals surface area contributed by atoms with E-state index < -0.39 is 0 Å². The first-order chi connectivity index (χ1) is 8.19. The first-order valence-electron chi connectivity index (χ1n) is 5.04. The normalized spacial score (nSPS) is 9.59. The van der Waals surface area contributed by atoms with Crippen molar-refractivity contribution in [3.8, 4) is 12.0 Å². The second kappa shape index (κ2) is 6.46. The van der Waals surface area contributed by atoms with Crippen LogP contribution in [0.4, 0.5) is 5.95 Å². The van der Waals surface area contributed by atoms with Gasteiger partial charge in [-0.25, -0.2) is 0 Å². The van der Waals surface area contributed by atoms with Gasteiger partial charge in [0.25, 0.3) is 0 Å². The lowest BCUT2D eigenvalue weighted by Gasteiger charge is -2.07. The smallest absolute Gasteiger partial charge is 0.324 e. The molecule has 1 heterocycles. The van der Waals surface area contributed by atoms with Gasteiger partial charge in [-0.2, -0.15) is 9.97 Å². The number of hydrogen-bond donors (Lipinski definition) is 2. The Morgan fingerprint density at radius 1 is 1.18 bits per heavy atom. The van der Waals surface area contributed by atoms with Crippen LogP contribution in [0.25, 0.3) is 0 Å². The Morgan fingerprint density at radius 3 is 2.24 bits per heavy atom. The molecule has 1 aromatic rings. The van der Waals surface area contributed by atoms with E-state index in [0.717, 1.165) is 0 Å². The Bertz CT molecular complexity index is 363. The van der Waals surface area contributed by atoms with Crippen molar-refractivity contribution in [2.75, 3.05) is 32.6 Å². The van der Waals surface area contributed by atoms with Crippen molar-refractivity contribution in [2.45, 2.75) is 6.92 Å². The van der Waals surface area contributed by atoms with E-state index in [2.05, 4.69) is 25.6 Å². The van der Waals surface area contributed by atoms with Crippen LogP contribution >= 0.6 is 0 Å². The van der Waals surface area contributed by atoms with E-state index in [1.54, 1.807) is 0 Å². The topological polar surface area (TPSA) is 98.3 Å². The molecule has 94 valence electrons. The van der Waals surface area contributed by atoms with Crippen LogP contribution in [0.15, 0.2) is 0 Å². The number of anilines is 1. The van der Waals surface area contributed by atoms with Gasteiger partial charge in [-0.1, -0.05) is 0 Å². The van der Waals surface area contributed by atoms with E-state index in [1.807, 2.05) is 6.92 Å². The molecule has 0 saturated heterocycles. The highest BCUT2D eigenvalue weighted by molar-refractivity contribution is 5.80. The molecule has 0 aliphatic rings. The lowest BCUT2D eigenvalue weighted by Crippen LogP contribution is -2.29. The van der Waals surface area contributed by atoms with Crippen molar-refractivity contribution in [1.29, 1.82) is 0 Å². The van der Waals surface area contributed by atoms with E-state index in [4.69, 9.17) is 9.47 Å². The number of nitrogens with zero attached hydrogens (tertiary/aromatic N) is 3. The molecule has 0 fully saturated rings. The van der Waals surface area contributed by atoms with Gasteiger partial charge in [0, 0.05) is 6.54 Å². The van der Waals surface area contributed by atoms with Gasteiger partial charge in [0.15, 0.2) is 0 Å². The van der Waals surface area contributed by atoms with Crippen LogP contribution < -0.4 is 20.1 Å². The molecule has 1 aromatic heterocycles. The van der Waals surface area contributed by atoms with Gasteiger partial charge >= 0.3 is 12.0 Å². The van der Waals surface area contributed by atoms with Crippen LogP contribution in [0.1, 0.15) is 6.92 Å². The molecule has 8 nitrogen and oxygen atoms in total. The maximum Gasteiger partial charge on any atom is 0.324 e. The second-order valence-corrected chi connectivity index (χ2v) is 2.94. The molecule has 1 rings (SSSR count). The predicted octanol–water partition coefficient (Wildman–Crippen LogP) is -0.563. The van der Waals surface area contributed by atoms with Crippen LogP contribution in [0, 0.1) is 0 Å². The monoisotopic (exact) mass is 241 g/mol. The molecule has 1 amide bonds. The average Bonchev–Trinajstić information content (AvgIpc) is 2.36. The summed E-state index contributed by atoms with van der Waals surface area (Å²) in [6.45, 7) is 2.49. The Balaban J connectivity index is 2.66. The number of ether oxygens (including phenoxy) is 2. The lowest BCUT2D eigenvalue weighted by atomic mass is 10.5. The molecule has 0 bridgehead atoms. The van der Waals surface area contributed by atoms with Crippen LogP contribution in [0.2, 0.25) is 0 Å². The molecule has 2 N–H and O–H groups in total. The summed E-state index contributed by atoms with van der Waals surface area (Å²) >= 11 is 0. The number of carbonyl (C=O) groups excluding carboxylic acids is 1. The first-order valence-corrected chi connectivity index (χ1v) is 5.04. The SMILES string of the molecule is CCNC(=O)CNc1nc(OC)nc(OC)n1. The zero-order chi connectivity index (χ0) is 12.7. The van der Waals surface area contributed by atoms with E-state index in [1.165, 1.54) is 14.2 Å². The first kappa shape index (κ1) is 12.9. The number of methoxy groups -OCH3 is 2. The highest BCUT2D eigenvalue weighted by Gasteiger charge is 2.07. The maximum absolute atomic E-state index is 11.2. The molecule has 0 spiro atoms.